The lowest BCUT2D eigenvalue weighted by atomic mass is 10.2. The Morgan fingerprint density at radius 2 is 2.28 bits per heavy atom. The lowest BCUT2D eigenvalue weighted by Crippen LogP contribution is -2.15. The summed E-state index contributed by atoms with van der Waals surface area (Å²) in [6, 6.07) is 8.53. The van der Waals surface area contributed by atoms with Gasteiger partial charge in [-0.3, -0.25) is 4.79 Å². The van der Waals surface area contributed by atoms with E-state index in [4.69, 9.17) is 21.6 Å². The molecule has 0 aliphatic heterocycles. The molecule has 94 valence electrons. The zero-order valence-corrected chi connectivity index (χ0v) is 10.9. The lowest BCUT2D eigenvalue weighted by molar-refractivity contribution is -0.112. The first kappa shape index (κ1) is 14.1. The van der Waals surface area contributed by atoms with Gasteiger partial charge in [-0.15, -0.1) is 0 Å². The van der Waals surface area contributed by atoms with Crippen LogP contribution in [0.1, 0.15) is 13.8 Å². The molecule has 1 aromatic carbocycles. The van der Waals surface area contributed by atoms with Crippen molar-refractivity contribution in [2.45, 2.75) is 13.8 Å². The van der Waals surface area contributed by atoms with Crippen molar-refractivity contribution in [2.24, 2.45) is 0 Å². The molecular formula is C13H13ClN2O2. The van der Waals surface area contributed by atoms with Crippen molar-refractivity contribution < 1.29 is 9.53 Å². The van der Waals surface area contributed by atoms with Gasteiger partial charge in [0.15, 0.2) is 5.57 Å². The number of allylic oxidation sites excluding steroid dienone is 1. The Bertz CT molecular complexity index is 518. The molecule has 0 unspecified atom stereocenters. The zero-order chi connectivity index (χ0) is 13.5. The van der Waals surface area contributed by atoms with E-state index in [2.05, 4.69) is 5.32 Å². The highest BCUT2D eigenvalue weighted by Gasteiger charge is 2.14. The standard InChI is InChI=1S/C13H13ClN2O2/c1-3-18-9(2)12(8-15)13(17)16-11-6-4-5-10(14)7-11/h4-7H,3H2,1-2H3,(H,16,17)/b12-9-. The Balaban J connectivity index is 2.88. The average molecular weight is 265 g/mol. The topological polar surface area (TPSA) is 62.1 Å². The number of amides is 1. The van der Waals surface area contributed by atoms with E-state index in [1.54, 1.807) is 38.1 Å². The van der Waals surface area contributed by atoms with Gasteiger partial charge in [-0.05, 0) is 32.0 Å². The second-order valence-electron chi connectivity index (χ2n) is 3.44. The molecule has 1 N–H and O–H groups in total. The Hall–Kier alpha value is -1.99. The molecule has 0 atom stereocenters. The Morgan fingerprint density at radius 3 is 2.83 bits per heavy atom. The van der Waals surface area contributed by atoms with Crippen LogP contribution in [0.2, 0.25) is 5.02 Å². The lowest BCUT2D eigenvalue weighted by Gasteiger charge is -2.08. The normalized spacial score (nSPS) is 11.2. The summed E-state index contributed by atoms with van der Waals surface area (Å²) in [6.45, 7) is 3.77. The van der Waals surface area contributed by atoms with Gasteiger partial charge < -0.3 is 10.1 Å². The number of hydrogen-bond donors (Lipinski definition) is 1. The van der Waals surface area contributed by atoms with E-state index >= 15 is 0 Å². The fourth-order valence-electron chi connectivity index (χ4n) is 1.34. The third-order valence-electron chi connectivity index (χ3n) is 2.13. The number of benzene rings is 1. The second kappa shape index (κ2) is 6.67. The van der Waals surface area contributed by atoms with Crippen molar-refractivity contribution in [3.63, 3.8) is 0 Å². The van der Waals surface area contributed by atoms with Gasteiger partial charge >= 0.3 is 0 Å². The van der Waals surface area contributed by atoms with Crippen molar-refractivity contribution in [1.82, 2.24) is 0 Å². The third-order valence-corrected chi connectivity index (χ3v) is 2.37. The van der Waals surface area contributed by atoms with Crippen LogP contribution < -0.4 is 5.32 Å². The van der Waals surface area contributed by atoms with Crippen LogP contribution in [0.4, 0.5) is 5.69 Å². The van der Waals surface area contributed by atoms with Gasteiger partial charge in [-0.2, -0.15) is 5.26 Å². The van der Waals surface area contributed by atoms with Crippen molar-refractivity contribution in [1.29, 1.82) is 5.26 Å². The first-order chi connectivity index (χ1) is 8.58. The molecule has 0 fully saturated rings. The summed E-state index contributed by atoms with van der Waals surface area (Å²) in [5, 5.41) is 12.1. The van der Waals surface area contributed by atoms with Crippen LogP contribution in [-0.4, -0.2) is 12.5 Å². The van der Waals surface area contributed by atoms with Crippen LogP contribution in [0.3, 0.4) is 0 Å². The van der Waals surface area contributed by atoms with Crippen LogP contribution in [0, 0.1) is 11.3 Å². The molecule has 1 aromatic rings. The smallest absolute Gasteiger partial charge is 0.269 e. The molecule has 0 aliphatic rings. The fraction of sp³-hybridized carbons (Fsp3) is 0.231. The molecular weight excluding hydrogens is 252 g/mol. The number of hydrogen-bond acceptors (Lipinski definition) is 3. The average Bonchev–Trinajstić information content (AvgIpc) is 2.30. The van der Waals surface area contributed by atoms with Gasteiger partial charge in [0, 0.05) is 10.7 Å². The monoisotopic (exact) mass is 264 g/mol. The molecule has 1 amide bonds. The van der Waals surface area contributed by atoms with Crippen molar-refractivity contribution >= 4 is 23.2 Å². The van der Waals surface area contributed by atoms with Crippen LogP contribution >= 0.6 is 11.6 Å². The molecule has 0 saturated heterocycles. The SMILES string of the molecule is CCO/C(C)=C(/C#N)C(=O)Nc1cccc(Cl)c1. The number of carbonyl (C=O) groups excluding carboxylic acids is 1. The predicted octanol–water partition coefficient (Wildman–Crippen LogP) is 3.11. The molecule has 0 radical (unpaired) electrons. The van der Waals surface area contributed by atoms with E-state index in [1.165, 1.54) is 0 Å². The quantitative estimate of drug-likeness (QED) is 0.516. The van der Waals surface area contributed by atoms with Gasteiger partial charge in [0.05, 0.1) is 6.61 Å². The summed E-state index contributed by atoms with van der Waals surface area (Å²) in [5.74, 6) is -0.203. The van der Waals surface area contributed by atoms with E-state index in [0.717, 1.165) is 0 Å². The molecule has 4 nitrogen and oxygen atoms in total. The number of anilines is 1. The minimum Gasteiger partial charge on any atom is -0.497 e. The van der Waals surface area contributed by atoms with Crippen LogP contribution in [0.15, 0.2) is 35.6 Å². The molecule has 0 aliphatic carbocycles. The van der Waals surface area contributed by atoms with E-state index in [-0.39, 0.29) is 5.57 Å². The summed E-state index contributed by atoms with van der Waals surface area (Å²) in [4.78, 5) is 11.9. The predicted molar refractivity (Wildman–Crippen MR) is 70.0 cm³/mol. The van der Waals surface area contributed by atoms with E-state index in [1.807, 2.05) is 6.07 Å². The Labute approximate surface area is 111 Å². The maximum atomic E-state index is 11.9. The second-order valence-corrected chi connectivity index (χ2v) is 3.88. The molecule has 5 heteroatoms. The largest absolute Gasteiger partial charge is 0.497 e. The highest BCUT2D eigenvalue weighted by molar-refractivity contribution is 6.31. The van der Waals surface area contributed by atoms with E-state index in [0.29, 0.717) is 23.1 Å². The third kappa shape index (κ3) is 3.79. The maximum Gasteiger partial charge on any atom is 0.269 e. The van der Waals surface area contributed by atoms with Crippen LogP contribution in [0.25, 0.3) is 0 Å². The van der Waals surface area contributed by atoms with Crippen molar-refractivity contribution in [3.8, 4) is 6.07 Å². The number of rotatable bonds is 4. The van der Waals surface area contributed by atoms with Gasteiger partial charge in [0.1, 0.15) is 11.8 Å². The summed E-state index contributed by atoms with van der Waals surface area (Å²) in [7, 11) is 0. The van der Waals surface area contributed by atoms with Gasteiger partial charge in [0.25, 0.3) is 5.91 Å². The highest BCUT2D eigenvalue weighted by atomic mass is 35.5. The number of nitriles is 1. The summed E-state index contributed by atoms with van der Waals surface area (Å²) in [6.07, 6.45) is 0. The zero-order valence-electron chi connectivity index (χ0n) is 10.2. The Morgan fingerprint density at radius 1 is 1.56 bits per heavy atom. The van der Waals surface area contributed by atoms with Crippen molar-refractivity contribution in [3.05, 3.63) is 40.6 Å². The highest BCUT2D eigenvalue weighted by Crippen LogP contribution is 2.16. The summed E-state index contributed by atoms with van der Waals surface area (Å²) >= 11 is 5.80. The minimum absolute atomic E-state index is 0.0446. The molecule has 0 aromatic heterocycles. The molecule has 0 spiro atoms. The van der Waals surface area contributed by atoms with E-state index in [9.17, 15) is 4.79 Å². The molecule has 0 bridgehead atoms. The van der Waals surface area contributed by atoms with Crippen LogP contribution in [0.5, 0.6) is 0 Å². The summed E-state index contributed by atoms with van der Waals surface area (Å²) in [5.41, 5.74) is 0.487. The van der Waals surface area contributed by atoms with E-state index < -0.39 is 5.91 Å². The molecule has 18 heavy (non-hydrogen) atoms. The first-order valence-electron chi connectivity index (χ1n) is 5.39. The van der Waals surface area contributed by atoms with Crippen LogP contribution in [-0.2, 0) is 9.53 Å². The number of nitrogens with zero attached hydrogens (tertiary/aromatic N) is 1. The molecule has 0 heterocycles. The number of carbonyl (C=O) groups is 1. The maximum absolute atomic E-state index is 11.9. The number of ether oxygens (including phenoxy) is 1. The Kier molecular flexibility index (Phi) is 5.22. The first-order valence-corrected chi connectivity index (χ1v) is 5.77. The molecule has 1 rings (SSSR count). The van der Waals surface area contributed by atoms with Gasteiger partial charge in [-0.1, -0.05) is 17.7 Å². The van der Waals surface area contributed by atoms with Gasteiger partial charge in [0.2, 0.25) is 0 Å². The number of halogens is 1. The number of nitrogens with one attached hydrogen (secondary N) is 1. The summed E-state index contributed by atoms with van der Waals surface area (Å²) < 4.78 is 5.15. The fourth-order valence-corrected chi connectivity index (χ4v) is 1.53. The van der Waals surface area contributed by atoms with Crippen molar-refractivity contribution in [2.75, 3.05) is 11.9 Å². The molecule has 0 saturated carbocycles. The minimum atomic E-state index is -0.509. The van der Waals surface area contributed by atoms with Gasteiger partial charge in [-0.25, -0.2) is 0 Å².